The van der Waals surface area contributed by atoms with E-state index in [1.54, 1.807) is 26.0 Å². The van der Waals surface area contributed by atoms with Crippen molar-refractivity contribution in [3.63, 3.8) is 0 Å². The van der Waals surface area contributed by atoms with Gasteiger partial charge in [-0.25, -0.2) is 0 Å². The lowest BCUT2D eigenvalue weighted by Gasteiger charge is -2.23. The van der Waals surface area contributed by atoms with E-state index in [0.29, 0.717) is 11.4 Å². The van der Waals surface area contributed by atoms with E-state index in [1.807, 2.05) is 12.1 Å². The van der Waals surface area contributed by atoms with Gasteiger partial charge in [0.2, 0.25) is 0 Å². The third-order valence-electron chi connectivity index (χ3n) is 3.11. The van der Waals surface area contributed by atoms with Crippen LogP contribution >= 0.6 is 11.6 Å². The molecule has 0 aliphatic carbocycles. The van der Waals surface area contributed by atoms with E-state index in [0.717, 1.165) is 5.56 Å². The Labute approximate surface area is 106 Å². The molecule has 1 aromatic carbocycles. The first-order chi connectivity index (χ1) is 7.93. The Hall–Kier alpha value is -1.06. The monoisotopic (exact) mass is 256 g/mol. The molecule has 3 unspecified atom stereocenters. The van der Waals surface area contributed by atoms with Crippen molar-refractivity contribution in [3.8, 4) is 0 Å². The molecule has 3 nitrogen and oxygen atoms in total. The second kappa shape index (κ2) is 6.03. The number of hydrogen-bond acceptors (Lipinski definition) is 2. The van der Waals surface area contributed by atoms with Gasteiger partial charge in [-0.05, 0) is 30.9 Å². The number of aliphatic hydroxyl groups excluding tert-OH is 1. The molecule has 0 radical (unpaired) electrons. The normalized spacial score (nSPS) is 16.2. The number of carboxylic acid groups (broad SMARTS) is 1. The highest BCUT2D eigenvalue weighted by molar-refractivity contribution is 6.31. The molecule has 1 aromatic rings. The first-order valence-electron chi connectivity index (χ1n) is 5.57. The van der Waals surface area contributed by atoms with Crippen molar-refractivity contribution in [3.05, 3.63) is 34.9 Å². The summed E-state index contributed by atoms with van der Waals surface area (Å²) in [7, 11) is 0. The highest BCUT2D eigenvalue weighted by Gasteiger charge is 2.28. The molecule has 1 rings (SSSR count). The van der Waals surface area contributed by atoms with Crippen molar-refractivity contribution in [1.29, 1.82) is 0 Å². The van der Waals surface area contributed by atoms with Crippen LogP contribution in [0, 0.1) is 11.8 Å². The van der Waals surface area contributed by atoms with E-state index in [-0.39, 0.29) is 5.92 Å². The SMILES string of the molecule is CC(O)C(C)C(Cc1ccccc1Cl)C(=O)O. The molecule has 2 N–H and O–H groups in total. The number of carboxylic acids is 1. The number of hydrogen-bond donors (Lipinski definition) is 2. The van der Waals surface area contributed by atoms with Gasteiger partial charge in [0.15, 0.2) is 0 Å². The van der Waals surface area contributed by atoms with Gasteiger partial charge in [0.1, 0.15) is 0 Å². The minimum Gasteiger partial charge on any atom is -0.481 e. The summed E-state index contributed by atoms with van der Waals surface area (Å²) in [6.45, 7) is 3.34. The zero-order valence-corrected chi connectivity index (χ0v) is 10.7. The van der Waals surface area contributed by atoms with Crippen molar-refractivity contribution < 1.29 is 15.0 Å². The van der Waals surface area contributed by atoms with Crippen molar-refractivity contribution in [2.24, 2.45) is 11.8 Å². The summed E-state index contributed by atoms with van der Waals surface area (Å²) < 4.78 is 0. The van der Waals surface area contributed by atoms with Crippen LogP contribution in [-0.2, 0) is 11.2 Å². The molecule has 0 heterocycles. The molecule has 0 aliphatic rings. The summed E-state index contributed by atoms with van der Waals surface area (Å²) in [5, 5.41) is 19.2. The van der Waals surface area contributed by atoms with Crippen molar-refractivity contribution in [2.75, 3.05) is 0 Å². The van der Waals surface area contributed by atoms with E-state index in [2.05, 4.69) is 0 Å². The predicted molar refractivity (Wildman–Crippen MR) is 67.1 cm³/mol. The Balaban J connectivity index is 2.88. The minimum absolute atomic E-state index is 0.316. The summed E-state index contributed by atoms with van der Waals surface area (Å²) >= 11 is 6.00. The topological polar surface area (TPSA) is 57.5 Å². The van der Waals surface area contributed by atoms with Crippen LogP contribution in [0.5, 0.6) is 0 Å². The van der Waals surface area contributed by atoms with Crippen molar-refractivity contribution in [2.45, 2.75) is 26.4 Å². The number of benzene rings is 1. The molecular formula is C13H17ClO3. The van der Waals surface area contributed by atoms with Crippen LogP contribution in [0.2, 0.25) is 5.02 Å². The van der Waals surface area contributed by atoms with Crippen LogP contribution in [0.1, 0.15) is 19.4 Å². The maximum absolute atomic E-state index is 11.2. The summed E-state index contributed by atoms with van der Waals surface area (Å²) in [5.74, 6) is -1.85. The second-order valence-electron chi connectivity index (χ2n) is 4.34. The molecule has 0 amide bonds. The smallest absolute Gasteiger partial charge is 0.307 e. The summed E-state index contributed by atoms with van der Waals surface area (Å²) in [6, 6.07) is 7.18. The Morgan fingerprint density at radius 1 is 1.35 bits per heavy atom. The average Bonchev–Trinajstić information content (AvgIpc) is 2.26. The number of aliphatic hydroxyl groups is 1. The zero-order chi connectivity index (χ0) is 13.0. The molecule has 94 valence electrons. The highest BCUT2D eigenvalue weighted by Crippen LogP contribution is 2.25. The average molecular weight is 257 g/mol. The fourth-order valence-electron chi connectivity index (χ4n) is 1.74. The molecule has 3 atom stereocenters. The number of rotatable bonds is 5. The maximum Gasteiger partial charge on any atom is 0.307 e. The Morgan fingerprint density at radius 3 is 2.41 bits per heavy atom. The molecule has 0 bridgehead atoms. The summed E-state index contributed by atoms with van der Waals surface area (Å²) in [4.78, 5) is 11.2. The third-order valence-corrected chi connectivity index (χ3v) is 3.48. The molecule has 4 heteroatoms. The predicted octanol–water partition coefficient (Wildman–Crippen LogP) is 2.60. The molecule has 0 fully saturated rings. The number of aliphatic carboxylic acids is 1. The van der Waals surface area contributed by atoms with Crippen molar-refractivity contribution >= 4 is 17.6 Å². The highest BCUT2D eigenvalue weighted by atomic mass is 35.5. The lowest BCUT2D eigenvalue weighted by Crippen LogP contribution is -2.30. The van der Waals surface area contributed by atoms with E-state index in [4.69, 9.17) is 11.6 Å². The lowest BCUT2D eigenvalue weighted by molar-refractivity contribution is -0.145. The third kappa shape index (κ3) is 3.72. The molecule has 0 saturated heterocycles. The van der Waals surface area contributed by atoms with Crippen LogP contribution < -0.4 is 0 Å². The Morgan fingerprint density at radius 2 is 1.94 bits per heavy atom. The zero-order valence-electron chi connectivity index (χ0n) is 9.93. The van der Waals surface area contributed by atoms with Gasteiger partial charge in [0.05, 0.1) is 12.0 Å². The fraction of sp³-hybridized carbons (Fsp3) is 0.462. The van der Waals surface area contributed by atoms with Crippen LogP contribution in [0.15, 0.2) is 24.3 Å². The van der Waals surface area contributed by atoms with Gasteiger partial charge in [-0.2, -0.15) is 0 Å². The van der Waals surface area contributed by atoms with E-state index in [9.17, 15) is 15.0 Å². The fourth-order valence-corrected chi connectivity index (χ4v) is 1.95. The largest absolute Gasteiger partial charge is 0.481 e. The van der Waals surface area contributed by atoms with Crippen LogP contribution in [0.4, 0.5) is 0 Å². The second-order valence-corrected chi connectivity index (χ2v) is 4.75. The number of carbonyl (C=O) groups is 1. The molecule has 0 spiro atoms. The Kier molecular flexibility index (Phi) is 4.97. The maximum atomic E-state index is 11.2. The molecular weight excluding hydrogens is 240 g/mol. The first kappa shape index (κ1) is 14.0. The standard InChI is InChI=1S/C13H17ClO3/c1-8(9(2)15)11(13(16)17)7-10-5-3-4-6-12(10)14/h3-6,8-9,11,15H,7H2,1-2H3,(H,16,17). The lowest BCUT2D eigenvalue weighted by atomic mass is 9.85. The summed E-state index contributed by atoms with van der Waals surface area (Å²) in [5.41, 5.74) is 0.800. The van der Waals surface area contributed by atoms with E-state index in [1.165, 1.54) is 0 Å². The molecule has 0 aliphatic heterocycles. The molecule has 0 saturated carbocycles. The molecule has 0 aromatic heterocycles. The number of halogens is 1. The first-order valence-corrected chi connectivity index (χ1v) is 5.95. The van der Waals surface area contributed by atoms with Crippen LogP contribution in [0.25, 0.3) is 0 Å². The quantitative estimate of drug-likeness (QED) is 0.851. The Bertz CT molecular complexity index is 390. The van der Waals surface area contributed by atoms with Gasteiger partial charge in [-0.15, -0.1) is 0 Å². The van der Waals surface area contributed by atoms with Crippen LogP contribution in [0.3, 0.4) is 0 Å². The van der Waals surface area contributed by atoms with Gasteiger partial charge < -0.3 is 10.2 Å². The van der Waals surface area contributed by atoms with Gasteiger partial charge in [0.25, 0.3) is 0 Å². The van der Waals surface area contributed by atoms with Gasteiger partial charge in [-0.3, -0.25) is 4.79 Å². The van der Waals surface area contributed by atoms with E-state index >= 15 is 0 Å². The van der Waals surface area contributed by atoms with Gasteiger partial charge in [-0.1, -0.05) is 36.7 Å². The minimum atomic E-state index is -0.904. The van der Waals surface area contributed by atoms with Crippen molar-refractivity contribution in [1.82, 2.24) is 0 Å². The van der Waals surface area contributed by atoms with Gasteiger partial charge >= 0.3 is 5.97 Å². The van der Waals surface area contributed by atoms with Gasteiger partial charge in [0, 0.05) is 5.02 Å². The molecule has 17 heavy (non-hydrogen) atoms. The van der Waals surface area contributed by atoms with Crippen LogP contribution in [-0.4, -0.2) is 22.3 Å². The van der Waals surface area contributed by atoms with E-state index < -0.39 is 18.0 Å². The summed E-state index contributed by atoms with van der Waals surface area (Å²) in [6.07, 6.45) is -0.320.